The summed E-state index contributed by atoms with van der Waals surface area (Å²) in [6, 6.07) is 0.183. The summed E-state index contributed by atoms with van der Waals surface area (Å²) in [5.41, 5.74) is 0. The fourth-order valence-electron chi connectivity index (χ4n) is 2.59. The first-order valence-electron chi connectivity index (χ1n) is 5.04. The van der Waals surface area contributed by atoms with Gasteiger partial charge in [0.05, 0.1) is 6.54 Å². The summed E-state index contributed by atoms with van der Waals surface area (Å²) in [4.78, 5) is 1.57. The molecule has 0 aromatic heterocycles. The van der Waals surface area contributed by atoms with Crippen LogP contribution in [0.1, 0.15) is 6.92 Å². The van der Waals surface area contributed by atoms with Crippen LogP contribution in [0.25, 0.3) is 0 Å². The molecule has 1 saturated heterocycles. The first kappa shape index (κ1) is 13.1. The first-order valence-corrected chi connectivity index (χ1v) is 5.04. The van der Waals surface area contributed by atoms with Gasteiger partial charge in [0.15, 0.2) is 0 Å². The Morgan fingerprint density at radius 2 is 1.80 bits per heavy atom. The summed E-state index contributed by atoms with van der Waals surface area (Å²) in [7, 11) is 0. The minimum atomic E-state index is -4.06. The van der Waals surface area contributed by atoms with Crippen LogP contribution in [0.5, 0.6) is 0 Å². The van der Waals surface area contributed by atoms with E-state index in [1.807, 2.05) is 0 Å². The van der Waals surface area contributed by atoms with E-state index in [0.717, 1.165) is 13.1 Å². The zero-order chi connectivity index (χ0) is 10.3. The van der Waals surface area contributed by atoms with Crippen LogP contribution in [-0.2, 0) is 0 Å². The number of rotatable bonds is 3. The van der Waals surface area contributed by atoms with Gasteiger partial charge in [0, 0.05) is 6.04 Å². The molecule has 1 unspecified atom stereocenters. The zero-order valence-corrected chi connectivity index (χ0v) is 9.37. The van der Waals surface area contributed by atoms with Crippen molar-refractivity contribution in [1.29, 1.82) is 0 Å². The molecule has 0 radical (unpaired) electrons. The second-order valence-electron chi connectivity index (χ2n) is 4.15. The predicted octanol–water partition coefficient (Wildman–Crippen LogP) is 1.51. The molecule has 2 aliphatic rings. The fourth-order valence-corrected chi connectivity index (χ4v) is 2.59. The normalized spacial score (nSPS) is 33.8. The summed E-state index contributed by atoms with van der Waals surface area (Å²) in [5, 5.41) is 3.19. The highest BCUT2D eigenvalue weighted by atomic mass is 35.5. The van der Waals surface area contributed by atoms with E-state index in [1.54, 1.807) is 11.8 Å². The van der Waals surface area contributed by atoms with Crippen LogP contribution >= 0.6 is 12.4 Å². The summed E-state index contributed by atoms with van der Waals surface area (Å²) in [6.07, 6.45) is -4.06. The van der Waals surface area contributed by atoms with Crippen LogP contribution in [-0.4, -0.2) is 43.3 Å². The van der Waals surface area contributed by atoms with E-state index in [9.17, 15) is 13.2 Å². The molecule has 3 atom stereocenters. The van der Waals surface area contributed by atoms with E-state index >= 15 is 0 Å². The molecule has 0 spiro atoms. The average molecular weight is 245 g/mol. The zero-order valence-electron chi connectivity index (χ0n) is 8.55. The highest BCUT2D eigenvalue weighted by Crippen LogP contribution is 2.46. The highest BCUT2D eigenvalue weighted by molar-refractivity contribution is 5.85. The minimum absolute atomic E-state index is 0. The lowest BCUT2D eigenvalue weighted by Crippen LogP contribution is -2.39. The molecule has 1 aliphatic carbocycles. The monoisotopic (exact) mass is 244 g/mol. The molecule has 0 aromatic rings. The van der Waals surface area contributed by atoms with Crippen LogP contribution in [0.3, 0.4) is 0 Å². The Kier molecular flexibility index (Phi) is 3.90. The molecule has 0 bridgehead atoms. The van der Waals surface area contributed by atoms with Crippen LogP contribution < -0.4 is 5.32 Å². The van der Waals surface area contributed by atoms with Crippen LogP contribution in [0.15, 0.2) is 0 Å². The summed E-state index contributed by atoms with van der Waals surface area (Å²) < 4.78 is 36.6. The van der Waals surface area contributed by atoms with E-state index in [2.05, 4.69) is 5.32 Å². The molecule has 15 heavy (non-hydrogen) atoms. The van der Waals surface area contributed by atoms with Gasteiger partial charge in [-0.15, -0.1) is 12.4 Å². The Balaban J connectivity index is 0.00000112. The van der Waals surface area contributed by atoms with Gasteiger partial charge in [-0.25, -0.2) is 0 Å². The summed E-state index contributed by atoms with van der Waals surface area (Å²) >= 11 is 0. The number of nitrogens with zero attached hydrogens (tertiary/aromatic N) is 1. The molecular formula is C9H16ClF3N2. The molecule has 90 valence electrons. The van der Waals surface area contributed by atoms with Gasteiger partial charge in [-0.05, 0) is 31.5 Å². The third-order valence-electron chi connectivity index (χ3n) is 3.26. The quantitative estimate of drug-likeness (QED) is 0.810. The Morgan fingerprint density at radius 3 is 2.20 bits per heavy atom. The van der Waals surface area contributed by atoms with Gasteiger partial charge in [0.2, 0.25) is 0 Å². The first-order chi connectivity index (χ1) is 6.53. The lowest BCUT2D eigenvalue weighted by atomic mass is 10.3. The maximum Gasteiger partial charge on any atom is 0.401 e. The number of hydrogen-bond donors (Lipinski definition) is 1. The van der Waals surface area contributed by atoms with Crippen molar-refractivity contribution in [2.24, 2.45) is 11.8 Å². The highest BCUT2D eigenvalue weighted by Gasteiger charge is 2.56. The topological polar surface area (TPSA) is 15.3 Å². The van der Waals surface area contributed by atoms with Crippen molar-refractivity contribution in [2.45, 2.75) is 19.1 Å². The maximum absolute atomic E-state index is 12.2. The van der Waals surface area contributed by atoms with Gasteiger partial charge in [-0.3, -0.25) is 4.90 Å². The Morgan fingerprint density at radius 1 is 1.27 bits per heavy atom. The lowest BCUT2D eigenvalue weighted by Gasteiger charge is -2.23. The maximum atomic E-state index is 12.2. The average Bonchev–Trinajstić information content (AvgIpc) is 2.56. The lowest BCUT2D eigenvalue weighted by molar-refractivity contribution is -0.147. The largest absolute Gasteiger partial charge is 0.401 e. The molecule has 6 heteroatoms. The molecular weight excluding hydrogens is 229 g/mol. The van der Waals surface area contributed by atoms with E-state index < -0.39 is 12.7 Å². The number of fused-ring (bicyclic) bond motifs is 1. The van der Waals surface area contributed by atoms with Crippen molar-refractivity contribution >= 4 is 12.4 Å². The third-order valence-corrected chi connectivity index (χ3v) is 3.26. The van der Waals surface area contributed by atoms with Gasteiger partial charge in [-0.2, -0.15) is 13.2 Å². The second kappa shape index (κ2) is 4.47. The number of halogens is 4. The molecule has 0 amide bonds. The molecule has 1 N–H and O–H groups in total. The van der Waals surface area contributed by atoms with Crippen molar-refractivity contribution in [3.63, 3.8) is 0 Å². The van der Waals surface area contributed by atoms with E-state index in [0.29, 0.717) is 18.4 Å². The van der Waals surface area contributed by atoms with Crippen molar-refractivity contribution in [1.82, 2.24) is 10.2 Å². The minimum Gasteiger partial charge on any atom is -0.316 e. The van der Waals surface area contributed by atoms with Crippen LogP contribution in [0.4, 0.5) is 13.2 Å². The molecule has 1 saturated carbocycles. The van der Waals surface area contributed by atoms with Crippen molar-refractivity contribution in [3.8, 4) is 0 Å². The molecule has 2 nitrogen and oxygen atoms in total. The van der Waals surface area contributed by atoms with Crippen molar-refractivity contribution in [3.05, 3.63) is 0 Å². The summed E-state index contributed by atoms with van der Waals surface area (Å²) in [5.74, 6) is 0.939. The second-order valence-corrected chi connectivity index (χ2v) is 4.15. The molecule has 1 aliphatic heterocycles. The van der Waals surface area contributed by atoms with Gasteiger partial charge in [-0.1, -0.05) is 6.92 Å². The number of nitrogens with one attached hydrogen (secondary N) is 1. The van der Waals surface area contributed by atoms with Gasteiger partial charge in [0.1, 0.15) is 0 Å². The Labute approximate surface area is 93.6 Å². The third kappa shape index (κ3) is 2.77. The number of alkyl halides is 3. The van der Waals surface area contributed by atoms with Gasteiger partial charge >= 0.3 is 6.18 Å². The van der Waals surface area contributed by atoms with Crippen molar-refractivity contribution < 1.29 is 13.2 Å². The van der Waals surface area contributed by atoms with E-state index in [-0.39, 0.29) is 18.4 Å². The fraction of sp³-hybridized carbons (Fsp3) is 1.00. The standard InChI is InChI=1S/C9H15F3N2.ClH/c1-2-14(5-9(10,11)12)8-6-3-13-4-7(6)8;/h6-8,13H,2-5H2,1H3;1H/t6-,7+,8?;. The van der Waals surface area contributed by atoms with Crippen LogP contribution in [0.2, 0.25) is 0 Å². The summed E-state index contributed by atoms with van der Waals surface area (Å²) in [6.45, 7) is 3.33. The predicted molar refractivity (Wildman–Crippen MR) is 54.2 cm³/mol. The molecule has 0 aromatic carbocycles. The number of piperidine rings is 1. The smallest absolute Gasteiger partial charge is 0.316 e. The van der Waals surface area contributed by atoms with Crippen LogP contribution in [0, 0.1) is 11.8 Å². The molecule has 1 heterocycles. The Hall–Kier alpha value is 0. The van der Waals surface area contributed by atoms with E-state index in [4.69, 9.17) is 0 Å². The van der Waals surface area contributed by atoms with Crippen molar-refractivity contribution in [2.75, 3.05) is 26.2 Å². The SMILES string of the molecule is CCN(CC(F)(F)F)C1[C@H]2CNC[C@@H]12.Cl. The molecule has 2 rings (SSSR count). The van der Waals surface area contributed by atoms with Gasteiger partial charge < -0.3 is 5.32 Å². The van der Waals surface area contributed by atoms with Gasteiger partial charge in [0.25, 0.3) is 0 Å². The Bertz CT molecular complexity index is 212. The molecule has 2 fully saturated rings. The number of hydrogen-bond acceptors (Lipinski definition) is 2. The van der Waals surface area contributed by atoms with E-state index in [1.165, 1.54) is 0 Å².